The molecule has 0 aliphatic heterocycles. The molecule has 3 aromatic rings. The van der Waals surface area contributed by atoms with Gasteiger partial charge >= 0.3 is 0 Å². The molecule has 0 saturated heterocycles. The van der Waals surface area contributed by atoms with Gasteiger partial charge in [-0.25, -0.2) is 4.98 Å². The molecule has 0 radical (unpaired) electrons. The Labute approximate surface area is 154 Å². The predicted octanol–water partition coefficient (Wildman–Crippen LogP) is 4.24. The van der Waals surface area contributed by atoms with E-state index in [1.807, 2.05) is 42.6 Å². The van der Waals surface area contributed by atoms with Gasteiger partial charge in [-0.1, -0.05) is 6.92 Å². The number of rotatable bonds is 6. The van der Waals surface area contributed by atoms with Crippen molar-refractivity contribution in [3.63, 3.8) is 0 Å². The second-order valence-electron chi connectivity index (χ2n) is 6.52. The summed E-state index contributed by atoms with van der Waals surface area (Å²) >= 11 is 0. The highest BCUT2D eigenvalue weighted by atomic mass is 16.5. The summed E-state index contributed by atoms with van der Waals surface area (Å²) in [5, 5.41) is 8.36. The molecule has 26 heavy (non-hydrogen) atoms. The fourth-order valence-corrected chi connectivity index (χ4v) is 2.96. The minimum absolute atomic E-state index is 0.356. The molecule has 138 valence electrons. The van der Waals surface area contributed by atoms with Gasteiger partial charge in [0.05, 0.1) is 19.9 Å². The number of hydrogen-bond donors (Lipinski definition) is 1. The number of anilines is 1. The maximum Gasteiger partial charge on any atom is 0.161 e. The largest absolute Gasteiger partial charge is 0.493 e. The number of benzene rings is 1. The third kappa shape index (κ3) is 3.19. The van der Waals surface area contributed by atoms with Crippen molar-refractivity contribution in [3.05, 3.63) is 35.5 Å². The van der Waals surface area contributed by atoms with Gasteiger partial charge in [0.15, 0.2) is 17.1 Å². The van der Waals surface area contributed by atoms with Crippen LogP contribution >= 0.6 is 0 Å². The SMILES string of the molecule is CC[C@@H](C)Nc1cc(C)nc2c(C)c(-c3ccc(OC)c(OC)c3)nn12. The van der Waals surface area contributed by atoms with Gasteiger partial charge in [-0.15, -0.1) is 0 Å². The molecule has 0 aliphatic rings. The Balaban J connectivity index is 2.16. The Morgan fingerprint density at radius 3 is 2.50 bits per heavy atom. The van der Waals surface area contributed by atoms with Gasteiger partial charge in [0.25, 0.3) is 0 Å². The Hall–Kier alpha value is -2.76. The van der Waals surface area contributed by atoms with Gasteiger partial charge in [0.1, 0.15) is 5.82 Å². The average Bonchev–Trinajstić information content (AvgIpc) is 2.98. The topological polar surface area (TPSA) is 60.7 Å². The number of aromatic nitrogens is 3. The van der Waals surface area contributed by atoms with Crippen molar-refractivity contribution < 1.29 is 9.47 Å². The summed E-state index contributed by atoms with van der Waals surface area (Å²) in [6.07, 6.45) is 1.03. The number of methoxy groups -OCH3 is 2. The second kappa shape index (κ2) is 7.23. The highest BCUT2D eigenvalue weighted by molar-refractivity contribution is 5.73. The van der Waals surface area contributed by atoms with E-state index in [9.17, 15) is 0 Å². The maximum atomic E-state index is 5.43. The molecular formula is C20H26N4O2. The zero-order valence-electron chi connectivity index (χ0n) is 16.3. The number of hydrogen-bond acceptors (Lipinski definition) is 5. The Kier molecular flexibility index (Phi) is 5.02. The molecule has 0 unspecified atom stereocenters. The van der Waals surface area contributed by atoms with Crippen LogP contribution in [0.1, 0.15) is 31.5 Å². The monoisotopic (exact) mass is 354 g/mol. The van der Waals surface area contributed by atoms with Crippen LogP contribution < -0.4 is 14.8 Å². The molecule has 1 atom stereocenters. The Morgan fingerprint density at radius 1 is 1.12 bits per heavy atom. The van der Waals surface area contributed by atoms with E-state index in [-0.39, 0.29) is 0 Å². The van der Waals surface area contributed by atoms with E-state index < -0.39 is 0 Å². The normalized spacial score (nSPS) is 12.2. The minimum Gasteiger partial charge on any atom is -0.493 e. The number of ether oxygens (including phenoxy) is 2. The van der Waals surface area contributed by atoms with Crippen molar-refractivity contribution >= 4 is 11.5 Å². The average molecular weight is 354 g/mol. The molecule has 1 aromatic carbocycles. The van der Waals surface area contributed by atoms with E-state index in [1.165, 1.54) is 0 Å². The van der Waals surface area contributed by atoms with Crippen molar-refractivity contribution in [2.75, 3.05) is 19.5 Å². The molecule has 0 aliphatic carbocycles. The molecule has 3 rings (SSSR count). The standard InChI is InChI=1S/C20H26N4O2/c1-7-12(2)21-18-10-13(3)22-20-14(4)19(23-24(18)20)15-8-9-16(25-5)17(11-15)26-6/h8-12,21H,7H2,1-6H3/t12-/m1/s1. The predicted molar refractivity (Wildman–Crippen MR) is 104 cm³/mol. The lowest BCUT2D eigenvalue weighted by molar-refractivity contribution is 0.355. The fourth-order valence-electron chi connectivity index (χ4n) is 2.96. The van der Waals surface area contributed by atoms with Crippen LogP contribution in [0, 0.1) is 13.8 Å². The zero-order chi connectivity index (χ0) is 18.8. The lowest BCUT2D eigenvalue weighted by atomic mass is 10.1. The summed E-state index contributed by atoms with van der Waals surface area (Å²) in [7, 11) is 3.27. The second-order valence-corrected chi connectivity index (χ2v) is 6.52. The number of fused-ring (bicyclic) bond motifs is 1. The summed E-state index contributed by atoms with van der Waals surface area (Å²) in [4.78, 5) is 4.70. The van der Waals surface area contributed by atoms with E-state index in [0.717, 1.165) is 40.4 Å². The van der Waals surface area contributed by atoms with Crippen LogP contribution in [-0.4, -0.2) is 34.9 Å². The van der Waals surface area contributed by atoms with E-state index in [0.29, 0.717) is 17.5 Å². The van der Waals surface area contributed by atoms with Gasteiger partial charge in [0, 0.05) is 28.9 Å². The van der Waals surface area contributed by atoms with Crippen molar-refractivity contribution in [2.45, 2.75) is 40.2 Å². The van der Waals surface area contributed by atoms with Gasteiger partial charge in [-0.3, -0.25) is 0 Å². The summed E-state index contributed by atoms with van der Waals surface area (Å²) < 4.78 is 12.7. The Bertz CT molecular complexity index is 933. The first-order valence-electron chi connectivity index (χ1n) is 8.84. The Morgan fingerprint density at radius 2 is 1.85 bits per heavy atom. The molecule has 6 heteroatoms. The van der Waals surface area contributed by atoms with Crippen LogP contribution in [0.15, 0.2) is 24.3 Å². The molecule has 0 saturated carbocycles. The highest BCUT2D eigenvalue weighted by Crippen LogP contribution is 2.34. The van der Waals surface area contributed by atoms with Gasteiger partial charge in [-0.05, 0) is 45.4 Å². The highest BCUT2D eigenvalue weighted by Gasteiger charge is 2.17. The first kappa shape index (κ1) is 18.0. The summed E-state index contributed by atoms with van der Waals surface area (Å²) in [6, 6.07) is 8.22. The van der Waals surface area contributed by atoms with E-state index in [1.54, 1.807) is 14.2 Å². The van der Waals surface area contributed by atoms with Crippen molar-refractivity contribution in [2.24, 2.45) is 0 Å². The van der Waals surface area contributed by atoms with E-state index in [4.69, 9.17) is 19.6 Å². The van der Waals surface area contributed by atoms with E-state index >= 15 is 0 Å². The minimum atomic E-state index is 0.356. The summed E-state index contributed by atoms with van der Waals surface area (Å²) in [6.45, 7) is 8.37. The third-order valence-electron chi connectivity index (χ3n) is 4.61. The number of aryl methyl sites for hydroxylation is 2. The fraction of sp³-hybridized carbons (Fsp3) is 0.400. The quantitative estimate of drug-likeness (QED) is 0.717. The molecule has 0 spiro atoms. The number of nitrogens with zero attached hydrogens (tertiary/aromatic N) is 3. The molecule has 0 fully saturated rings. The van der Waals surface area contributed by atoms with Crippen molar-refractivity contribution in [1.82, 2.24) is 14.6 Å². The van der Waals surface area contributed by atoms with Crippen LogP contribution in [-0.2, 0) is 0 Å². The lowest BCUT2D eigenvalue weighted by Crippen LogP contribution is -2.16. The molecule has 0 bridgehead atoms. The lowest BCUT2D eigenvalue weighted by Gasteiger charge is -2.14. The van der Waals surface area contributed by atoms with Crippen LogP contribution in [0.2, 0.25) is 0 Å². The summed E-state index contributed by atoms with van der Waals surface area (Å²) in [5.74, 6) is 2.34. The van der Waals surface area contributed by atoms with Gasteiger partial charge in [-0.2, -0.15) is 9.61 Å². The maximum absolute atomic E-state index is 5.43. The van der Waals surface area contributed by atoms with E-state index in [2.05, 4.69) is 19.2 Å². The van der Waals surface area contributed by atoms with Crippen LogP contribution in [0.3, 0.4) is 0 Å². The van der Waals surface area contributed by atoms with Gasteiger partial charge < -0.3 is 14.8 Å². The zero-order valence-corrected chi connectivity index (χ0v) is 16.3. The van der Waals surface area contributed by atoms with Crippen LogP contribution in [0.5, 0.6) is 11.5 Å². The molecule has 6 nitrogen and oxygen atoms in total. The van der Waals surface area contributed by atoms with Gasteiger partial charge in [0.2, 0.25) is 0 Å². The smallest absolute Gasteiger partial charge is 0.161 e. The summed E-state index contributed by atoms with van der Waals surface area (Å²) in [5.41, 5.74) is 4.72. The van der Waals surface area contributed by atoms with Crippen molar-refractivity contribution in [3.8, 4) is 22.8 Å². The molecular weight excluding hydrogens is 328 g/mol. The van der Waals surface area contributed by atoms with Crippen LogP contribution in [0.25, 0.3) is 16.9 Å². The first-order chi connectivity index (χ1) is 12.5. The first-order valence-corrected chi connectivity index (χ1v) is 8.84. The number of nitrogens with one attached hydrogen (secondary N) is 1. The molecule has 1 N–H and O–H groups in total. The molecule has 2 heterocycles. The molecule has 0 amide bonds. The molecule has 2 aromatic heterocycles. The van der Waals surface area contributed by atoms with Crippen LogP contribution in [0.4, 0.5) is 5.82 Å². The van der Waals surface area contributed by atoms with Crippen molar-refractivity contribution in [1.29, 1.82) is 0 Å². The third-order valence-corrected chi connectivity index (χ3v) is 4.61.